The van der Waals surface area contributed by atoms with Crippen molar-refractivity contribution in [2.75, 3.05) is 6.54 Å². The third-order valence-electron chi connectivity index (χ3n) is 3.38. The van der Waals surface area contributed by atoms with Gasteiger partial charge in [0.05, 0.1) is 10.9 Å². The summed E-state index contributed by atoms with van der Waals surface area (Å²) in [6.45, 7) is 5.11. The van der Waals surface area contributed by atoms with Gasteiger partial charge < -0.3 is 10.3 Å². The van der Waals surface area contributed by atoms with Gasteiger partial charge in [0.15, 0.2) is 4.77 Å². The van der Waals surface area contributed by atoms with Crippen molar-refractivity contribution < 1.29 is 4.79 Å². The van der Waals surface area contributed by atoms with E-state index in [2.05, 4.69) is 17.2 Å². The molecule has 5 nitrogen and oxygen atoms in total. The fourth-order valence-electron chi connectivity index (χ4n) is 2.16. The number of nitrogens with one attached hydrogen (secondary N) is 2. The van der Waals surface area contributed by atoms with Crippen molar-refractivity contribution in [1.82, 2.24) is 14.9 Å². The Hall–Kier alpha value is -1.95. The molecule has 0 bridgehead atoms. The molecule has 0 fully saturated rings. The minimum absolute atomic E-state index is 0.130. The minimum Gasteiger partial charge on any atom is -0.352 e. The quantitative estimate of drug-likeness (QED) is 0.659. The Morgan fingerprint density at radius 2 is 2.14 bits per heavy atom. The summed E-state index contributed by atoms with van der Waals surface area (Å²) in [4.78, 5) is 27.3. The van der Waals surface area contributed by atoms with Gasteiger partial charge in [0.2, 0.25) is 0 Å². The van der Waals surface area contributed by atoms with Crippen LogP contribution in [0.25, 0.3) is 10.9 Å². The Bertz CT molecular complexity index is 777. The number of amides is 1. The van der Waals surface area contributed by atoms with Gasteiger partial charge in [-0.3, -0.25) is 14.2 Å². The number of hydrogen-bond donors (Lipinski definition) is 2. The summed E-state index contributed by atoms with van der Waals surface area (Å²) in [6, 6.07) is 5.01. The van der Waals surface area contributed by atoms with E-state index in [0.29, 0.717) is 34.3 Å². The van der Waals surface area contributed by atoms with E-state index >= 15 is 0 Å². The second-order valence-corrected chi connectivity index (χ2v) is 5.24. The molecule has 1 aromatic carbocycles. The zero-order valence-corrected chi connectivity index (χ0v) is 13.0. The largest absolute Gasteiger partial charge is 0.352 e. The molecule has 0 saturated heterocycles. The zero-order valence-electron chi connectivity index (χ0n) is 12.2. The van der Waals surface area contributed by atoms with Gasteiger partial charge in [-0.1, -0.05) is 13.3 Å². The number of hydrogen-bond acceptors (Lipinski definition) is 3. The molecule has 0 aliphatic rings. The lowest BCUT2D eigenvalue weighted by Gasteiger charge is -2.08. The summed E-state index contributed by atoms with van der Waals surface area (Å²) in [5.74, 6) is -0.135. The number of unbranched alkanes of at least 4 members (excludes halogenated alkanes) is 1. The van der Waals surface area contributed by atoms with Crippen LogP contribution in [0.15, 0.2) is 23.0 Å². The predicted molar refractivity (Wildman–Crippen MR) is 86.3 cm³/mol. The monoisotopic (exact) mass is 305 g/mol. The van der Waals surface area contributed by atoms with Gasteiger partial charge in [0, 0.05) is 18.7 Å². The van der Waals surface area contributed by atoms with Crippen LogP contribution in [0.1, 0.15) is 37.0 Å². The number of rotatable bonds is 5. The molecule has 0 radical (unpaired) electrons. The first kappa shape index (κ1) is 15.4. The maximum Gasteiger partial charge on any atom is 0.262 e. The van der Waals surface area contributed by atoms with Crippen molar-refractivity contribution in [2.45, 2.75) is 33.2 Å². The van der Waals surface area contributed by atoms with E-state index in [1.807, 2.05) is 6.92 Å². The molecule has 21 heavy (non-hydrogen) atoms. The van der Waals surface area contributed by atoms with Crippen LogP contribution in [0.5, 0.6) is 0 Å². The van der Waals surface area contributed by atoms with Crippen LogP contribution in [0.4, 0.5) is 0 Å². The van der Waals surface area contributed by atoms with Crippen LogP contribution in [-0.4, -0.2) is 22.0 Å². The normalized spacial score (nSPS) is 10.8. The van der Waals surface area contributed by atoms with Crippen LogP contribution in [-0.2, 0) is 6.54 Å². The van der Waals surface area contributed by atoms with Gasteiger partial charge in [0.25, 0.3) is 11.5 Å². The molecule has 1 aromatic heterocycles. The third kappa shape index (κ3) is 3.21. The minimum atomic E-state index is -0.135. The number of carbonyl (C=O) groups excluding carboxylic acids is 1. The van der Waals surface area contributed by atoms with E-state index in [1.54, 1.807) is 18.2 Å². The molecular formula is C15H19N3O2S. The summed E-state index contributed by atoms with van der Waals surface area (Å²) in [5, 5.41) is 3.39. The molecule has 0 spiro atoms. The molecule has 2 rings (SSSR count). The fourth-order valence-corrected chi connectivity index (χ4v) is 2.49. The van der Waals surface area contributed by atoms with Crippen LogP contribution in [0, 0.1) is 4.77 Å². The Kier molecular flexibility index (Phi) is 4.90. The van der Waals surface area contributed by atoms with Crippen molar-refractivity contribution >= 4 is 29.0 Å². The summed E-state index contributed by atoms with van der Waals surface area (Å²) in [6.07, 6.45) is 1.98. The van der Waals surface area contributed by atoms with Crippen molar-refractivity contribution in [2.24, 2.45) is 0 Å². The van der Waals surface area contributed by atoms with Gasteiger partial charge in [-0.15, -0.1) is 0 Å². The second-order valence-electron chi connectivity index (χ2n) is 4.85. The molecule has 1 amide bonds. The van der Waals surface area contributed by atoms with Gasteiger partial charge in [-0.25, -0.2) is 0 Å². The van der Waals surface area contributed by atoms with Crippen LogP contribution < -0.4 is 10.9 Å². The lowest BCUT2D eigenvalue weighted by molar-refractivity contribution is 0.0953. The van der Waals surface area contributed by atoms with E-state index < -0.39 is 0 Å². The maximum absolute atomic E-state index is 12.2. The standard InChI is InChI=1S/C15H19N3O2S/c1-3-5-8-16-13(19)10-6-7-11-12(9-10)17-15(21)18(4-2)14(11)20/h6-7,9H,3-5,8H2,1-2H3,(H,16,19)(H,17,21). The molecule has 0 atom stereocenters. The van der Waals surface area contributed by atoms with Crippen LogP contribution in [0.2, 0.25) is 0 Å². The Labute approximate surface area is 128 Å². The number of carbonyl (C=O) groups is 1. The number of nitrogens with zero attached hydrogens (tertiary/aromatic N) is 1. The SMILES string of the molecule is CCCCNC(=O)c1ccc2c(=O)n(CC)c(=S)[nH]c2c1. The van der Waals surface area contributed by atoms with E-state index in [1.165, 1.54) is 4.57 Å². The third-order valence-corrected chi connectivity index (χ3v) is 3.70. The molecule has 112 valence electrons. The molecule has 0 aliphatic carbocycles. The average Bonchev–Trinajstić information content (AvgIpc) is 2.47. The fraction of sp³-hybridized carbons (Fsp3) is 0.400. The summed E-state index contributed by atoms with van der Waals surface area (Å²) in [5.41, 5.74) is 0.991. The highest BCUT2D eigenvalue weighted by Gasteiger charge is 2.09. The van der Waals surface area contributed by atoms with E-state index in [4.69, 9.17) is 12.2 Å². The summed E-state index contributed by atoms with van der Waals surface area (Å²) in [7, 11) is 0. The first-order valence-electron chi connectivity index (χ1n) is 7.13. The Morgan fingerprint density at radius 3 is 2.81 bits per heavy atom. The number of fused-ring (bicyclic) bond motifs is 1. The van der Waals surface area contributed by atoms with E-state index in [9.17, 15) is 9.59 Å². The molecule has 0 saturated carbocycles. The van der Waals surface area contributed by atoms with Crippen molar-refractivity contribution in [3.8, 4) is 0 Å². The van der Waals surface area contributed by atoms with Crippen molar-refractivity contribution in [3.63, 3.8) is 0 Å². The lowest BCUT2D eigenvalue weighted by atomic mass is 10.1. The number of H-pyrrole nitrogens is 1. The molecular weight excluding hydrogens is 286 g/mol. The van der Waals surface area contributed by atoms with Gasteiger partial charge in [0.1, 0.15) is 0 Å². The number of benzene rings is 1. The number of aromatic nitrogens is 2. The highest BCUT2D eigenvalue weighted by Crippen LogP contribution is 2.11. The summed E-state index contributed by atoms with van der Waals surface area (Å²) < 4.78 is 1.87. The molecule has 0 unspecified atom stereocenters. The Morgan fingerprint density at radius 1 is 1.38 bits per heavy atom. The first-order valence-corrected chi connectivity index (χ1v) is 7.54. The zero-order chi connectivity index (χ0) is 15.4. The topological polar surface area (TPSA) is 66.9 Å². The average molecular weight is 305 g/mol. The lowest BCUT2D eigenvalue weighted by Crippen LogP contribution is -2.25. The van der Waals surface area contributed by atoms with Crippen LogP contribution >= 0.6 is 12.2 Å². The molecule has 0 aliphatic heterocycles. The van der Waals surface area contributed by atoms with Crippen LogP contribution in [0.3, 0.4) is 0 Å². The Balaban J connectivity index is 2.41. The molecule has 2 N–H and O–H groups in total. The van der Waals surface area contributed by atoms with Crippen molar-refractivity contribution in [1.29, 1.82) is 0 Å². The van der Waals surface area contributed by atoms with Crippen molar-refractivity contribution in [3.05, 3.63) is 38.9 Å². The maximum atomic E-state index is 12.2. The number of aromatic amines is 1. The van der Waals surface area contributed by atoms with E-state index in [-0.39, 0.29) is 11.5 Å². The van der Waals surface area contributed by atoms with Gasteiger partial charge in [-0.2, -0.15) is 0 Å². The highest BCUT2D eigenvalue weighted by atomic mass is 32.1. The van der Waals surface area contributed by atoms with Gasteiger partial charge in [-0.05, 0) is 43.8 Å². The smallest absolute Gasteiger partial charge is 0.262 e. The molecule has 1 heterocycles. The first-order chi connectivity index (χ1) is 10.1. The van der Waals surface area contributed by atoms with E-state index in [0.717, 1.165) is 12.8 Å². The highest BCUT2D eigenvalue weighted by molar-refractivity contribution is 7.71. The summed E-state index contributed by atoms with van der Waals surface area (Å²) >= 11 is 5.17. The second kappa shape index (κ2) is 6.67. The molecule has 2 aromatic rings. The van der Waals surface area contributed by atoms with Gasteiger partial charge >= 0.3 is 0 Å². The molecule has 6 heteroatoms. The predicted octanol–water partition coefficient (Wildman–Crippen LogP) is 2.61.